The summed E-state index contributed by atoms with van der Waals surface area (Å²) in [7, 11) is 0. The van der Waals surface area contributed by atoms with Crippen LogP contribution < -0.4 is 0 Å². The molecule has 0 aromatic carbocycles. The maximum absolute atomic E-state index is 10.9. The van der Waals surface area contributed by atoms with E-state index in [4.69, 9.17) is 5.11 Å². The van der Waals surface area contributed by atoms with Crippen molar-refractivity contribution in [3.8, 4) is 0 Å². The van der Waals surface area contributed by atoms with Gasteiger partial charge >= 0.3 is 5.97 Å². The maximum atomic E-state index is 10.9. The zero-order chi connectivity index (χ0) is 10.7. The van der Waals surface area contributed by atoms with E-state index in [1.54, 1.807) is 0 Å². The number of likely N-dealkylation sites (tertiary alicyclic amines) is 1. The van der Waals surface area contributed by atoms with Crippen LogP contribution in [0.5, 0.6) is 0 Å². The highest BCUT2D eigenvalue weighted by molar-refractivity contribution is 5.70. The van der Waals surface area contributed by atoms with E-state index in [1.807, 2.05) is 0 Å². The summed E-state index contributed by atoms with van der Waals surface area (Å²) >= 11 is 0. The minimum atomic E-state index is -0.605. The Bertz CT molecular complexity index is 224. The molecule has 1 saturated heterocycles. The zero-order valence-electron chi connectivity index (χ0n) is 9.32. The van der Waals surface area contributed by atoms with Crippen molar-refractivity contribution in [1.29, 1.82) is 0 Å². The van der Waals surface area contributed by atoms with E-state index >= 15 is 0 Å². The fourth-order valence-electron chi connectivity index (χ4n) is 2.98. The van der Waals surface area contributed by atoms with Crippen molar-refractivity contribution in [3.05, 3.63) is 0 Å². The number of carbonyl (C=O) groups is 1. The summed E-state index contributed by atoms with van der Waals surface area (Å²) in [4.78, 5) is 13.3. The monoisotopic (exact) mass is 211 g/mol. The molecule has 2 fully saturated rings. The molecule has 0 bridgehead atoms. The number of nitrogens with zero attached hydrogens (tertiary/aromatic N) is 1. The van der Waals surface area contributed by atoms with Crippen LogP contribution in [0.3, 0.4) is 0 Å². The lowest BCUT2D eigenvalue weighted by molar-refractivity contribution is -0.143. The third-order valence-electron chi connectivity index (χ3n) is 3.85. The molecule has 86 valence electrons. The molecule has 0 amide bonds. The average molecular weight is 211 g/mol. The molecule has 1 atom stereocenters. The molecule has 0 radical (unpaired) electrons. The van der Waals surface area contributed by atoms with Gasteiger partial charge in [0.1, 0.15) is 0 Å². The molecule has 0 spiro atoms. The van der Waals surface area contributed by atoms with Crippen molar-refractivity contribution in [3.63, 3.8) is 0 Å². The Morgan fingerprint density at radius 1 is 1.20 bits per heavy atom. The molecule has 0 aromatic rings. The number of aliphatic carboxylic acids is 1. The summed E-state index contributed by atoms with van der Waals surface area (Å²) < 4.78 is 0. The minimum absolute atomic E-state index is 0.111. The molecule has 1 saturated carbocycles. The van der Waals surface area contributed by atoms with E-state index < -0.39 is 5.97 Å². The number of carboxylic acid groups (broad SMARTS) is 1. The Kier molecular flexibility index (Phi) is 3.62. The van der Waals surface area contributed by atoms with Gasteiger partial charge in [0.15, 0.2) is 0 Å². The van der Waals surface area contributed by atoms with Crippen LogP contribution in [0.2, 0.25) is 0 Å². The standard InChI is InChI=1S/C12H21NO2/c14-12(15)11-6-3-7-13(9-11)8-10-4-1-2-5-10/h10-11H,1-9H2,(H,14,15). The molecule has 3 nitrogen and oxygen atoms in total. The summed E-state index contributed by atoms with van der Waals surface area (Å²) in [5.74, 6) is 0.129. The summed E-state index contributed by atoms with van der Waals surface area (Å²) in [6, 6.07) is 0. The number of piperidine rings is 1. The second kappa shape index (κ2) is 4.97. The van der Waals surface area contributed by atoms with Gasteiger partial charge in [-0.3, -0.25) is 4.79 Å². The first-order valence-electron chi connectivity index (χ1n) is 6.21. The van der Waals surface area contributed by atoms with Gasteiger partial charge in [0.05, 0.1) is 5.92 Å². The van der Waals surface area contributed by atoms with Crippen LogP contribution in [0, 0.1) is 11.8 Å². The third-order valence-corrected chi connectivity index (χ3v) is 3.85. The lowest BCUT2D eigenvalue weighted by Gasteiger charge is -2.32. The predicted octanol–water partition coefficient (Wildman–Crippen LogP) is 1.97. The van der Waals surface area contributed by atoms with Crippen LogP contribution in [0.15, 0.2) is 0 Å². The molecule has 3 heteroatoms. The van der Waals surface area contributed by atoms with Gasteiger partial charge < -0.3 is 10.0 Å². The first-order valence-corrected chi connectivity index (χ1v) is 6.21. The Morgan fingerprint density at radius 2 is 1.93 bits per heavy atom. The molecule has 1 unspecified atom stereocenters. The third kappa shape index (κ3) is 2.94. The Labute approximate surface area is 91.5 Å². The van der Waals surface area contributed by atoms with Crippen LogP contribution in [-0.4, -0.2) is 35.6 Å². The summed E-state index contributed by atoms with van der Waals surface area (Å²) in [6.45, 7) is 3.04. The maximum Gasteiger partial charge on any atom is 0.307 e. The van der Waals surface area contributed by atoms with E-state index in [1.165, 1.54) is 25.7 Å². The summed E-state index contributed by atoms with van der Waals surface area (Å²) in [5, 5.41) is 8.99. The highest BCUT2D eigenvalue weighted by atomic mass is 16.4. The van der Waals surface area contributed by atoms with Crippen molar-refractivity contribution in [1.82, 2.24) is 4.90 Å². The van der Waals surface area contributed by atoms with Crippen LogP contribution in [0.1, 0.15) is 38.5 Å². The van der Waals surface area contributed by atoms with Crippen LogP contribution in [-0.2, 0) is 4.79 Å². The van der Waals surface area contributed by atoms with Crippen molar-refractivity contribution in [2.24, 2.45) is 11.8 Å². The smallest absolute Gasteiger partial charge is 0.307 e. The van der Waals surface area contributed by atoms with Crippen molar-refractivity contribution >= 4 is 5.97 Å². The first-order chi connectivity index (χ1) is 7.25. The molecule has 15 heavy (non-hydrogen) atoms. The lowest BCUT2D eigenvalue weighted by Crippen LogP contribution is -2.40. The molecule has 1 N–H and O–H groups in total. The fourth-order valence-corrected chi connectivity index (χ4v) is 2.98. The average Bonchev–Trinajstić information content (AvgIpc) is 2.71. The van der Waals surface area contributed by atoms with Gasteiger partial charge in [-0.05, 0) is 38.1 Å². The van der Waals surface area contributed by atoms with Gasteiger partial charge in [0.25, 0.3) is 0 Å². The largest absolute Gasteiger partial charge is 0.481 e. The lowest BCUT2D eigenvalue weighted by atomic mass is 9.97. The Morgan fingerprint density at radius 3 is 2.60 bits per heavy atom. The van der Waals surface area contributed by atoms with Crippen molar-refractivity contribution in [2.75, 3.05) is 19.6 Å². The molecule has 1 aliphatic carbocycles. The van der Waals surface area contributed by atoms with Gasteiger partial charge in [0.2, 0.25) is 0 Å². The van der Waals surface area contributed by atoms with Gasteiger partial charge in [-0.1, -0.05) is 12.8 Å². The van der Waals surface area contributed by atoms with Crippen LogP contribution >= 0.6 is 0 Å². The van der Waals surface area contributed by atoms with Crippen molar-refractivity contribution < 1.29 is 9.90 Å². The first kappa shape index (κ1) is 10.9. The van der Waals surface area contributed by atoms with Crippen LogP contribution in [0.4, 0.5) is 0 Å². The van der Waals surface area contributed by atoms with Gasteiger partial charge in [-0.2, -0.15) is 0 Å². The SMILES string of the molecule is O=C(O)C1CCCN(CC2CCCC2)C1. The highest BCUT2D eigenvalue weighted by Crippen LogP contribution is 2.27. The molecule has 2 aliphatic rings. The Hall–Kier alpha value is -0.570. The minimum Gasteiger partial charge on any atom is -0.481 e. The predicted molar refractivity (Wildman–Crippen MR) is 58.8 cm³/mol. The van der Waals surface area contributed by atoms with E-state index in [2.05, 4.69) is 4.90 Å². The number of rotatable bonds is 3. The van der Waals surface area contributed by atoms with Gasteiger partial charge in [0, 0.05) is 13.1 Å². The zero-order valence-corrected chi connectivity index (χ0v) is 9.32. The van der Waals surface area contributed by atoms with Gasteiger partial charge in [-0.15, -0.1) is 0 Å². The van der Waals surface area contributed by atoms with Crippen molar-refractivity contribution in [2.45, 2.75) is 38.5 Å². The number of hydrogen-bond donors (Lipinski definition) is 1. The second-order valence-corrected chi connectivity index (χ2v) is 5.09. The number of carboxylic acids is 1. The molecule has 1 aliphatic heterocycles. The molecule has 2 rings (SSSR count). The highest BCUT2D eigenvalue weighted by Gasteiger charge is 2.27. The summed E-state index contributed by atoms with van der Waals surface area (Å²) in [5.41, 5.74) is 0. The van der Waals surface area contributed by atoms with Crippen LogP contribution in [0.25, 0.3) is 0 Å². The normalized spacial score (nSPS) is 29.5. The summed E-state index contributed by atoms with van der Waals surface area (Å²) in [6.07, 6.45) is 7.39. The molecule has 1 heterocycles. The fraction of sp³-hybridized carbons (Fsp3) is 0.917. The van der Waals surface area contributed by atoms with Gasteiger partial charge in [-0.25, -0.2) is 0 Å². The number of hydrogen-bond acceptors (Lipinski definition) is 2. The second-order valence-electron chi connectivity index (χ2n) is 5.09. The topological polar surface area (TPSA) is 40.5 Å². The Balaban J connectivity index is 1.79. The van der Waals surface area contributed by atoms with E-state index in [0.717, 1.165) is 38.4 Å². The molecular weight excluding hydrogens is 190 g/mol. The van der Waals surface area contributed by atoms with E-state index in [9.17, 15) is 4.79 Å². The van der Waals surface area contributed by atoms with E-state index in [0.29, 0.717) is 0 Å². The molecule has 0 aromatic heterocycles. The molecular formula is C12H21NO2. The van der Waals surface area contributed by atoms with E-state index in [-0.39, 0.29) is 5.92 Å². The quantitative estimate of drug-likeness (QED) is 0.776.